The molecule has 2 atom stereocenters. The molecule has 2 heteroatoms. The molecule has 20 heavy (non-hydrogen) atoms. The highest BCUT2D eigenvalue weighted by atomic mass is 15.2. The molecular formula is C18H28N2. The van der Waals surface area contributed by atoms with E-state index in [-0.39, 0.29) is 0 Å². The first-order valence-electron chi connectivity index (χ1n) is 8.13. The first-order chi connectivity index (χ1) is 9.65. The second-order valence-electron chi connectivity index (χ2n) is 6.88. The van der Waals surface area contributed by atoms with Gasteiger partial charge in [-0.15, -0.1) is 0 Å². The van der Waals surface area contributed by atoms with Gasteiger partial charge in [-0.2, -0.15) is 0 Å². The Hall–Kier alpha value is -0.860. The van der Waals surface area contributed by atoms with Crippen LogP contribution in [0.3, 0.4) is 0 Å². The number of rotatable bonds is 4. The van der Waals surface area contributed by atoms with E-state index in [9.17, 15) is 0 Å². The molecule has 2 saturated heterocycles. The minimum atomic E-state index is 0.862. The summed E-state index contributed by atoms with van der Waals surface area (Å²) in [7, 11) is 2.32. The average Bonchev–Trinajstić information content (AvgIpc) is 2.65. The van der Waals surface area contributed by atoms with Crippen molar-refractivity contribution in [2.75, 3.05) is 13.6 Å². The molecule has 0 aromatic heterocycles. The van der Waals surface area contributed by atoms with Crippen LogP contribution in [-0.4, -0.2) is 30.6 Å². The predicted molar refractivity (Wildman–Crippen MR) is 84.9 cm³/mol. The molecule has 0 spiro atoms. The predicted octanol–water partition coefficient (Wildman–Crippen LogP) is 3.27. The lowest BCUT2D eigenvalue weighted by atomic mass is 9.91. The fraction of sp³-hybridized carbons (Fsp3) is 0.667. The van der Waals surface area contributed by atoms with E-state index in [4.69, 9.17) is 0 Å². The van der Waals surface area contributed by atoms with Gasteiger partial charge < -0.3 is 10.2 Å². The third-order valence-corrected chi connectivity index (χ3v) is 5.66. The SMILES string of the molecule is Cc1cccc(CNCC2CC3CCC(C2)N3C)c1C. The van der Waals surface area contributed by atoms with Crippen LogP contribution in [0.15, 0.2) is 18.2 Å². The van der Waals surface area contributed by atoms with Crippen molar-refractivity contribution in [1.82, 2.24) is 10.2 Å². The Morgan fingerprint density at radius 2 is 1.85 bits per heavy atom. The van der Waals surface area contributed by atoms with Crippen LogP contribution in [0.1, 0.15) is 42.4 Å². The summed E-state index contributed by atoms with van der Waals surface area (Å²) in [6.07, 6.45) is 5.64. The van der Waals surface area contributed by atoms with Crippen LogP contribution in [0, 0.1) is 19.8 Å². The second-order valence-corrected chi connectivity index (χ2v) is 6.88. The van der Waals surface area contributed by atoms with Crippen molar-refractivity contribution >= 4 is 0 Å². The topological polar surface area (TPSA) is 15.3 Å². The maximum absolute atomic E-state index is 3.70. The summed E-state index contributed by atoms with van der Waals surface area (Å²) >= 11 is 0. The molecule has 1 aromatic rings. The zero-order chi connectivity index (χ0) is 14.1. The molecule has 2 nitrogen and oxygen atoms in total. The number of nitrogens with one attached hydrogen (secondary N) is 1. The van der Waals surface area contributed by atoms with Crippen LogP contribution in [0.4, 0.5) is 0 Å². The minimum absolute atomic E-state index is 0.862. The molecule has 2 fully saturated rings. The third-order valence-electron chi connectivity index (χ3n) is 5.66. The number of aryl methyl sites for hydroxylation is 1. The van der Waals surface area contributed by atoms with E-state index < -0.39 is 0 Å². The summed E-state index contributed by atoms with van der Waals surface area (Å²) in [6, 6.07) is 8.36. The lowest BCUT2D eigenvalue weighted by Crippen LogP contribution is -2.42. The highest BCUT2D eigenvalue weighted by Gasteiger charge is 2.37. The van der Waals surface area contributed by atoms with Crippen LogP contribution < -0.4 is 5.32 Å². The fourth-order valence-corrected chi connectivity index (χ4v) is 4.11. The Bertz CT molecular complexity index is 454. The van der Waals surface area contributed by atoms with Crippen molar-refractivity contribution in [2.24, 2.45) is 5.92 Å². The standard InChI is InChI=1S/C18H28N2/c1-13-5-4-6-16(14(13)2)12-19-11-15-9-17-7-8-18(10-15)20(17)3/h4-6,15,17-19H,7-12H2,1-3H3. The van der Waals surface area contributed by atoms with Crippen LogP contribution >= 0.6 is 0 Å². The molecule has 2 aliphatic heterocycles. The fourth-order valence-electron chi connectivity index (χ4n) is 4.11. The number of hydrogen-bond acceptors (Lipinski definition) is 2. The molecule has 0 radical (unpaired) electrons. The van der Waals surface area contributed by atoms with Crippen LogP contribution in [0.2, 0.25) is 0 Å². The van der Waals surface area contributed by atoms with Crippen LogP contribution in [-0.2, 0) is 6.54 Å². The number of nitrogens with zero attached hydrogens (tertiary/aromatic N) is 1. The average molecular weight is 272 g/mol. The number of piperidine rings is 1. The zero-order valence-corrected chi connectivity index (χ0v) is 13.2. The lowest BCUT2D eigenvalue weighted by molar-refractivity contribution is 0.133. The summed E-state index contributed by atoms with van der Waals surface area (Å²) in [5.41, 5.74) is 4.31. The van der Waals surface area contributed by atoms with E-state index in [1.54, 1.807) is 0 Å². The van der Waals surface area contributed by atoms with E-state index in [0.717, 1.165) is 24.5 Å². The summed E-state index contributed by atoms with van der Waals surface area (Å²) in [6.45, 7) is 6.65. The maximum Gasteiger partial charge on any atom is 0.0208 e. The molecule has 1 N–H and O–H groups in total. The largest absolute Gasteiger partial charge is 0.312 e. The van der Waals surface area contributed by atoms with Gasteiger partial charge >= 0.3 is 0 Å². The summed E-state index contributed by atoms with van der Waals surface area (Å²) in [5, 5.41) is 3.70. The van der Waals surface area contributed by atoms with Gasteiger partial charge in [0.15, 0.2) is 0 Å². The Morgan fingerprint density at radius 3 is 2.55 bits per heavy atom. The van der Waals surface area contributed by atoms with Crippen molar-refractivity contribution in [3.05, 3.63) is 34.9 Å². The molecule has 0 aliphatic carbocycles. The summed E-state index contributed by atoms with van der Waals surface area (Å²) in [5.74, 6) is 0.883. The van der Waals surface area contributed by atoms with Gasteiger partial charge in [-0.25, -0.2) is 0 Å². The molecule has 2 heterocycles. The number of benzene rings is 1. The first kappa shape index (κ1) is 14.1. The lowest BCUT2D eigenvalue weighted by Gasteiger charge is -2.36. The molecule has 0 amide bonds. The van der Waals surface area contributed by atoms with Crippen molar-refractivity contribution in [3.63, 3.8) is 0 Å². The monoisotopic (exact) mass is 272 g/mol. The van der Waals surface area contributed by atoms with E-state index in [0.29, 0.717) is 0 Å². The molecule has 2 aliphatic rings. The molecule has 3 rings (SSSR count). The van der Waals surface area contributed by atoms with Crippen LogP contribution in [0.25, 0.3) is 0 Å². The highest BCUT2D eigenvalue weighted by molar-refractivity contribution is 5.32. The molecule has 110 valence electrons. The quantitative estimate of drug-likeness (QED) is 0.905. The first-order valence-corrected chi connectivity index (χ1v) is 8.13. The van der Waals surface area contributed by atoms with Crippen molar-refractivity contribution in [3.8, 4) is 0 Å². The van der Waals surface area contributed by atoms with Gasteiger partial charge in [-0.05, 0) is 75.7 Å². The number of hydrogen-bond donors (Lipinski definition) is 1. The van der Waals surface area contributed by atoms with Crippen molar-refractivity contribution in [1.29, 1.82) is 0 Å². The Kier molecular flexibility index (Phi) is 4.13. The minimum Gasteiger partial charge on any atom is -0.312 e. The molecule has 0 saturated carbocycles. The van der Waals surface area contributed by atoms with Gasteiger partial charge in [0.2, 0.25) is 0 Å². The van der Waals surface area contributed by atoms with Gasteiger partial charge in [-0.1, -0.05) is 18.2 Å². The van der Waals surface area contributed by atoms with Gasteiger partial charge in [0.1, 0.15) is 0 Å². The second kappa shape index (κ2) is 5.87. The van der Waals surface area contributed by atoms with E-state index in [1.165, 1.54) is 48.9 Å². The van der Waals surface area contributed by atoms with Crippen molar-refractivity contribution in [2.45, 2.75) is 58.2 Å². The zero-order valence-electron chi connectivity index (χ0n) is 13.2. The third kappa shape index (κ3) is 2.77. The Labute approximate surface area is 123 Å². The van der Waals surface area contributed by atoms with E-state index in [2.05, 4.69) is 49.3 Å². The highest BCUT2D eigenvalue weighted by Crippen LogP contribution is 2.37. The van der Waals surface area contributed by atoms with E-state index >= 15 is 0 Å². The molecule has 2 bridgehead atoms. The normalized spacial score (nSPS) is 29.9. The molecule has 2 unspecified atom stereocenters. The Morgan fingerprint density at radius 1 is 1.15 bits per heavy atom. The smallest absolute Gasteiger partial charge is 0.0208 e. The van der Waals surface area contributed by atoms with Gasteiger partial charge in [0.25, 0.3) is 0 Å². The van der Waals surface area contributed by atoms with Crippen molar-refractivity contribution < 1.29 is 0 Å². The van der Waals surface area contributed by atoms with Gasteiger partial charge in [0.05, 0.1) is 0 Å². The van der Waals surface area contributed by atoms with Gasteiger partial charge in [-0.3, -0.25) is 0 Å². The van der Waals surface area contributed by atoms with Crippen LogP contribution in [0.5, 0.6) is 0 Å². The molecular weight excluding hydrogens is 244 g/mol. The summed E-state index contributed by atoms with van der Waals surface area (Å²) in [4.78, 5) is 2.63. The maximum atomic E-state index is 3.70. The van der Waals surface area contributed by atoms with E-state index in [1.807, 2.05) is 0 Å². The molecule has 1 aromatic carbocycles. The Balaban J connectivity index is 1.50. The summed E-state index contributed by atoms with van der Waals surface area (Å²) < 4.78 is 0. The van der Waals surface area contributed by atoms with Gasteiger partial charge in [0, 0.05) is 18.6 Å². The number of fused-ring (bicyclic) bond motifs is 2.